The normalized spacial score (nSPS) is 20.1. The number of aromatic nitrogens is 3. The summed E-state index contributed by atoms with van der Waals surface area (Å²) in [6.07, 6.45) is 17.6. The van der Waals surface area contributed by atoms with E-state index >= 15 is 0 Å². The summed E-state index contributed by atoms with van der Waals surface area (Å²) < 4.78 is 17.2. The van der Waals surface area contributed by atoms with Crippen molar-refractivity contribution in [3.05, 3.63) is 38.9 Å². The predicted molar refractivity (Wildman–Crippen MR) is 162 cm³/mol. The zero-order valence-electron chi connectivity index (χ0n) is 24.2. The Morgan fingerprint density at radius 2 is 1.55 bits per heavy atom. The Hall–Kier alpha value is -2.16. The fraction of sp³-hybridized carbons (Fsp3) is 0.742. The van der Waals surface area contributed by atoms with Gasteiger partial charge in [0.2, 0.25) is 5.91 Å². The van der Waals surface area contributed by atoms with Gasteiger partial charge in [-0.15, -0.1) is 0 Å². The van der Waals surface area contributed by atoms with Crippen LogP contribution in [0.3, 0.4) is 0 Å². The molecule has 1 amide bonds. The summed E-state index contributed by atoms with van der Waals surface area (Å²) in [6, 6.07) is 0.980. The van der Waals surface area contributed by atoms with Crippen LogP contribution in [0.15, 0.2) is 21.9 Å². The topological polar surface area (TPSA) is 86.0 Å². The van der Waals surface area contributed by atoms with Crippen molar-refractivity contribution >= 4 is 28.7 Å². The number of halogens is 1. The van der Waals surface area contributed by atoms with Gasteiger partial charge >= 0.3 is 5.69 Å². The van der Waals surface area contributed by atoms with Crippen LogP contribution in [0.2, 0.25) is 0 Å². The van der Waals surface area contributed by atoms with Gasteiger partial charge in [0.25, 0.3) is 5.56 Å². The molecule has 4 rings (SSSR count). The SMILES string of the molecule is CCCCCCCCCCCC(=O)NCC1CCC(n2c(=O)c3cc(F)cnc3n(C3CCSCC3)c2=O)CC1. The molecular formula is C31H47FN4O3S. The number of nitrogens with zero attached hydrogens (tertiary/aromatic N) is 3. The van der Waals surface area contributed by atoms with E-state index in [0.29, 0.717) is 37.4 Å². The first kappa shape index (κ1) is 30.8. The summed E-state index contributed by atoms with van der Waals surface area (Å²) in [5, 5.41) is 3.30. The van der Waals surface area contributed by atoms with Gasteiger partial charge in [0, 0.05) is 25.0 Å². The number of amides is 1. The van der Waals surface area contributed by atoms with Gasteiger partial charge in [-0.1, -0.05) is 58.3 Å². The molecule has 0 radical (unpaired) electrons. The third kappa shape index (κ3) is 8.20. The highest BCUT2D eigenvalue weighted by atomic mass is 32.2. The molecule has 1 saturated heterocycles. The molecule has 1 saturated carbocycles. The van der Waals surface area contributed by atoms with Crippen molar-refractivity contribution in [2.45, 2.75) is 122 Å². The molecule has 9 heteroatoms. The van der Waals surface area contributed by atoms with Crippen molar-refractivity contribution in [1.82, 2.24) is 19.4 Å². The molecule has 40 heavy (non-hydrogen) atoms. The van der Waals surface area contributed by atoms with Gasteiger partial charge in [0.05, 0.1) is 11.6 Å². The van der Waals surface area contributed by atoms with Crippen molar-refractivity contribution in [2.75, 3.05) is 18.1 Å². The lowest BCUT2D eigenvalue weighted by Gasteiger charge is -2.31. The average molecular weight is 575 g/mol. The first-order valence-electron chi connectivity index (χ1n) is 15.7. The van der Waals surface area contributed by atoms with Crippen LogP contribution in [0.1, 0.15) is 122 Å². The smallest absolute Gasteiger partial charge is 0.333 e. The van der Waals surface area contributed by atoms with Gasteiger partial charge in [-0.2, -0.15) is 11.8 Å². The monoisotopic (exact) mass is 574 g/mol. The van der Waals surface area contributed by atoms with Crippen LogP contribution in [0.25, 0.3) is 11.0 Å². The van der Waals surface area contributed by atoms with E-state index in [0.717, 1.165) is 56.2 Å². The zero-order chi connectivity index (χ0) is 28.3. The number of nitrogens with one attached hydrogen (secondary N) is 1. The first-order valence-corrected chi connectivity index (χ1v) is 16.8. The standard InChI is InChI=1S/C31H47FN4O3S/c1-2-3-4-5-6-7-8-9-10-11-28(37)33-21-23-12-14-25(15-13-23)36-30(38)27-20-24(32)22-34-29(27)35(31(36)39)26-16-18-40-19-17-26/h20,22-23,25-26H,2-19,21H2,1H3,(H,33,37). The maximum absolute atomic E-state index is 14.1. The average Bonchev–Trinajstić information content (AvgIpc) is 2.97. The molecule has 2 aliphatic rings. The number of carbonyl (C=O) groups excluding carboxylic acids is 1. The molecule has 1 aliphatic heterocycles. The number of pyridine rings is 1. The molecule has 0 unspecified atom stereocenters. The van der Waals surface area contributed by atoms with Crippen LogP contribution in [-0.4, -0.2) is 38.1 Å². The second-order valence-electron chi connectivity index (χ2n) is 11.8. The van der Waals surface area contributed by atoms with Gasteiger partial charge in [0.15, 0.2) is 0 Å². The Morgan fingerprint density at radius 1 is 0.925 bits per heavy atom. The molecule has 0 atom stereocenters. The largest absolute Gasteiger partial charge is 0.356 e. The lowest BCUT2D eigenvalue weighted by molar-refractivity contribution is -0.121. The fourth-order valence-corrected chi connectivity index (χ4v) is 7.43. The number of carbonyl (C=O) groups is 1. The third-order valence-corrected chi connectivity index (χ3v) is 9.80. The molecule has 2 aromatic rings. The summed E-state index contributed by atoms with van der Waals surface area (Å²) in [5.41, 5.74) is -0.453. The van der Waals surface area contributed by atoms with Crippen molar-refractivity contribution in [3.8, 4) is 0 Å². The van der Waals surface area contributed by atoms with Crippen molar-refractivity contribution in [2.24, 2.45) is 5.92 Å². The molecule has 1 aliphatic carbocycles. The molecule has 1 N–H and O–H groups in total. The minimum absolute atomic E-state index is 0.0293. The first-order chi connectivity index (χ1) is 19.5. The van der Waals surface area contributed by atoms with E-state index < -0.39 is 11.4 Å². The van der Waals surface area contributed by atoms with E-state index in [-0.39, 0.29) is 29.1 Å². The molecule has 0 spiro atoms. The lowest BCUT2D eigenvalue weighted by atomic mass is 9.85. The van der Waals surface area contributed by atoms with Crippen LogP contribution in [0.4, 0.5) is 4.39 Å². The number of hydrogen-bond donors (Lipinski definition) is 1. The highest BCUT2D eigenvalue weighted by Crippen LogP contribution is 2.32. The Kier molecular flexibility index (Phi) is 12.1. The molecule has 3 heterocycles. The molecule has 222 valence electrons. The maximum atomic E-state index is 14.1. The van der Waals surface area contributed by atoms with E-state index in [1.165, 1.54) is 55.6 Å². The van der Waals surface area contributed by atoms with E-state index in [1.54, 1.807) is 4.57 Å². The van der Waals surface area contributed by atoms with Gasteiger partial charge < -0.3 is 5.32 Å². The Morgan fingerprint density at radius 3 is 2.23 bits per heavy atom. The number of rotatable bonds is 14. The molecular weight excluding hydrogens is 527 g/mol. The summed E-state index contributed by atoms with van der Waals surface area (Å²) >= 11 is 1.86. The summed E-state index contributed by atoms with van der Waals surface area (Å²) in [7, 11) is 0. The van der Waals surface area contributed by atoms with Crippen LogP contribution < -0.4 is 16.6 Å². The lowest BCUT2D eigenvalue weighted by Crippen LogP contribution is -2.45. The number of thioether (sulfide) groups is 1. The van der Waals surface area contributed by atoms with E-state index in [4.69, 9.17) is 0 Å². The van der Waals surface area contributed by atoms with Gasteiger partial charge in [-0.05, 0) is 68.4 Å². The minimum Gasteiger partial charge on any atom is -0.356 e. The third-order valence-electron chi connectivity index (χ3n) is 8.76. The fourth-order valence-electron chi connectivity index (χ4n) is 6.35. The van der Waals surface area contributed by atoms with E-state index in [2.05, 4.69) is 17.2 Å². The number of unbranched alkanes of at least 4 members (excludes halogenated alkanes) is 8. The molecule has 2 fully saturated rings. The minimum atomic E-state index is -0.567. The number of hydrogen-bond acceptors (Lipinski definition) is 5. The molecule has 0 bridgehead atoms. The van der Waals surface area contributed by atoms with Crippen molar-refractivity contribution in [3.63, 3.8) is 0 Å². The van der Waals surface area contributed by atoms with Crippen LogP contribution in [0, 0.1) is 11.7 Å². The highest BCUT2D eigenvalue weighted by molar-refractivity contribution is 7.99. The van der Waals surface area contributed by atoms with Crippen molar-refractivity contribution in [1.29, 1.82) is 0 Å². The zero-order valence-corrected chi connectivity index (χ0v) is 25.0. The van der Waals surface area contributed by atoms with Gasteiger partial charge in [0.1, 0.15) is 11.5 Å². The van der Waals surface area contributed by atoms with E-state index in [1.807, 2.05) is 11.8 Å². The molecule has 2 aromatic heterocycles. The summed E-state index contributed by atoms with van der Waals surface area (Å²) in [5.74, 6) is 1.81. The quantitative estimate of drug-likeness (QED) is 0.259. The predicted octanol–water partition coefficient (Wildman–Crippen LogP) is 6.53. The second kappa shape index (κ2) is 15.7. The van der Waals surface area contributed by atoms with Gasteiger partial charge in [-0.3, -0.25) is 18.7 Å². The summed E-state index contributed by atoms with van der Waals surface area (Å²) in [6.45, 7) is 2.89. The van der Waals surface area contributed by atoms with Crippen LogP contribution in [-0.2, 0) is 4.79 Å². The maximum Gasteiger partial charge on any atom is 0.333 e. The van der Waals surface area contributed by atoms with Gasteiger partial charge in [-0.25, -0.2) is 14.2 Å². The Bertz CT molecular complexity index is 1220. The van der Waals surface area contributed by atoms with Crippen LogP contribution >= 0.6 is 11.8 Å². The Balaban J connectivity index is 1.28. The van der Waals surface area contributed by atoms with Crippen molar-refractivity contribution < 1.29 is 9.18 Å². The molecule has 7 nitrogen and oxygen atoms in total. The number of fused-ring (bicyclic) bond motifs is 1. The highest BCUT2D eigenvalue weighted by Gasteiger charge is 2.29. The molecule has 0 aromatic carbocycles. The van der Waals surface area contributed by atoms with E-state index in [9.17, 15) is 18.8 Å². The summed E-state index contributed by atoms with van der Waals surface area (Å²) in [4.78, 5) is 43.7. The second-order valence-corrected chi connectivity index (χ2v) is 13.0. The Labute approximate surface area is 241 Å². The van der Waals surface area contributed by atoms with Crippen LogP contribution in [0.5, 0.6) is 0 Å².